The monoisotopic (exact) mass is 333 g/mol. The summed E-state index contributed by atoms with van der Waals surface area (Å²) >= 11 is 0. The number of nitriles is 2. The summed E-state index contributed by atoms with van der Waals surface area (Å²) in [7, 11) is 0. The Bertz CT molecular complexity index is 660. The molecular weight excluding hydrogens is 306 g/mol. The lowest BCUT2D eigenvalue weighted by Crippen LogP contribution is -2.70. The summed E-state index contributed by atoms with van der Waals surface area (Å²) in [5, 5.41) is 20.6. The van der Waals surface area contributed by atoms with Crippen molar-refractivity contribution in [2.24, 2.45) is 11.8 Å². The molecule has 1 aliphatic heterocycles. The SMILES string of the molecule is N#C[C@]12CCCC[C@H]1C[C@@H]1CCCC[C@]1(C#N)N2Cc1ccccc1. The average molecular weight is 333 g/mol. The zero-order valence-corrected chi connectivity index (χ0v) is 15.0. The van der Waals surface area contributed by atoms with Crippen molar-refractivity contribution in [2.45, 2.75) is 75.4 Å². The summed E-state index contributed by atoms with van der Waals surface area (Å²) < 4.78 is 0. The fraction of sp³-hybridized carbons (Fsp3) is 0.636. The van der Waals surface area contributed by atoms with Crippen LogP contribution in [0, 0.1) is 34.5 Å². The Balaban J connectivity index is 1.81. The molecule has 3 fully saturated rings. The van der Waals surface area contributed by atoms with E-state index < -0.39 is 11.1 Å². The summed E-state index contributed by atoms with van der Waals surface area (Å²) in [4.78, 5) is 2.38. The second-order valence-corrected chi connectivity index (χ2v) is 8.26. The van der Waals surface area contributed by atoms with E-state index in [0.29, 0.717) is 11.8 Å². The van der Waals surface area contributed by atoms with Crippen molar-refractivity contribution < 1.29 is 0 Å². The molecule has 0 radical (unpaired) electrons. The minimum atomic E-state index is -0.447. The summed E-state index contributed by atoms with van der Waals surface area (Å²) in [6.07, 6.45) is 9.93. The molecule has 0 bridgehead atoms. The van der Waals surface area contributed by atoms with Crippen molar-refractivity contribution in [3.8, 4) is 12.1 Å². The van der Waals surface area contributed by atoms with Gasteiger partial charge in [-0.05, 0) is 49.5 Å². The van der Waals surface area contributed by atoms with E-state index in [9.17, 15) is 10.5 Å². The Kier molecular flexibility index (Phi) is 4.30. The van der Waals surface area contributed by atoms with E-state index in [4.69, 9.17) is 0 Å². The molecule has 1 heterocycles. The number of benzene rings is 1. The van der Waals surface area contributed by atoms with Crippen LogP contribution in [-0.2, 0) is 6.54 Å². The number of hydrogen-bond acceptors (Lipinski definition) is 3. The van der Waals surface area contributed by atoms with Gasteiger partial charge in [-0.3, -0.25) is 4.90 Å². The van der Waals surface area contributed by atoms with Crippen LogP contribution in [0.3, 0.4) is 0 Å². The highest BCUT2D eigenvalue weighted by atomic mass is 15.3. The Morgan fingerprint density at radius 3 is 1.96 bits per heavy atom. The van der Waals surface area contributed by atoms with Crippen LogP contribution in [0.5, 0.6) is 0 Å². The number of piperidine rings is 1. The highest BCUT2D eigenvalue weighted by Crippen LogP contribution is 2.56. The summed E-state index contributed by atoms with van der Waals surface area (Å²) in [5.74, 6) is 0.860. The van der Waals surface area contributed by atoms with Crippen LogP contribution < -0.4 is 0 Å². The van der Waals surface area contributed by atoms with Gasteiger partial charge < -0.3 is 0 Å². The van der Waals surface area contributed by atoms with Crippen LogP contribution in [-0.4, -0.2) is 16.0 Å². The predicted octanol–water partition coefficient (Wildman–Crippen LogP) is 4.80. The molecule has 0 unspecified atom stereocenters. The molecule has 3 nitrogen and oxygen atoms in total. The van der Waals surface area contributed by atoms with Gasteiger partial charge in [-0.15, -0.1) is 0 Å². The Morgan fingerprint density at radius 2 is 1.44 bits per heavy atom. The van der Waals surface area contributed by atoms with Gasteiger partial charge in [0.15, 0.2) is 0 Å². The molecule has 2 saturated carbocycles. The molecule has 0 aromatic heterocycles. The average Bonchev–Trinajstić information content (AvgIpc) is 2.68. The fourth-order valence-electron chi connectivity index (χ4n) is 5.96. The molecule has 3 aliphatic rings. The van der Waals surface area contributed by atoms with Gasteiger partial charge in [-0.1, -0.05) is 56.0 Å². The maximum absolute atomic E-state index is 10.3. The van der Waals surface area contributed by atoms with E-state index in [2.05, 4.69) is 41.3 Å². The van der Waals surface area contributed by atoms with Crippen LogP contribution in [0.4, 0.5) is 0 Å². The third-order valence-corrected chi connectivity index (χ3v) is 7.17. The number of likely N-dealkylation sites (tertiary alicyclic amines) is 1. The summed E-state index contributed by atoms with van der Waals surface area (Å²) in [6, 6.07) is 16.0. The maximum Gasteiger partial charge on any atom is 0.113 e. The van der Waals surface area contributed by atoms with Gasteiger partial charge in [0.25, 0.3) is 0 Å². The first kappa shape index (κ1) is 16.6. The molecule has 4 rings (SSSR count). The lowest BCUT2D eigenvalue weighted by atomic mass is 9.57. The zero-order valence-electron chi connectivity index (χ0n) is 15.0. The third kappa shape index (κ3) is 2.49. The minimum Gasteiger partial charge on any atom is -0.262 e. The highest BCUT2D eigenvalue weighted by molar-refractivity contribution is 5.29. The molecule has 130 valence electrons. The van der Waals surface area contributed by atoms with E-state index in [1.54, 1.807) is 0 Å². The molecule has 1 aromatic carbocycles. The Labute approximate surface area is 151 Å². The first-order valence-corrected chi connectivity index (χ1v) is 9.89. The first-order chi connectivity index (χ1) is 12.2. The molecule has 3 heteroatoms. The lowest BCUT2D eigenvalue weighted by Gasteiger charge is -2.61. The molecule has 0 amide bonds. The van der Waals surface area contributed by atoms with Crippen molar-refractivity contribution in [3.63, 3.8) is 0 Å². The van der Waals surface area contributed by atoms with Gasteiger partial charge in [-0.2, -0.15) is 10.5 Å². The molecule has 2 aliphatic carbocycles. The predicted molar refractivity (Wildman–Crippen MR) is 97.2 cm³/mol. The van der Waals surface area contributed by atoms with E-state index in [0.717, 1.165) is 51.5 Å². The van der Waals surface area contributed by atoms with E-state index in [1.807, 2.05) is 6.07 Å². The van der Waals surface area contributed by atoms with Crippen molar-refractivity contribution >= 4 is 0 Å². The van der Waals surface area contributed by atoms with Gasteiger partial charge in [-0.25, -0.2) is 0 Å². The molecule has 4 atom stereocenters. The quantitative estimate of drug-likeness (QED) is 0.781. The van der Waals surface area contributed by atoms with Gasteiger partial charge in [0, 0.05) is 6.54 Å². The van der Waals surface area contributed by atoms with E-state index in [-0.39, 0.29) is 0 Å². The van der Waals surface area contributed by atoms with E-state index in [1.165, 1.54) is 18.4 Å². The summed E-state index contributed by atoms with van der Waals surface area (Å²) in [6.45, 7) is 0.731. The first-order valence-electron chi connectivity index (χ1n) is 9.89. The largest absolute Gasteiger partial charge is 0.262 e. The topological polar surface area (TPSA) is 50.8 Å². The highest BCUT2D eigenvalue weighted by Gasteiger charge is 2.61. The molecule has 25 heavy (non-hydrogen) atoms. The molecule has 0 spiro atoms. The van der Waals surface area contributed by atoms with Crippen LogP contribution in [0.25, 0.3) is 0 Å². The lowest BCUT2D eigenvalue weighted by molar-refractivity contribution is -0.116. The second kappa shape index (κ2) is 6.47. The minimum absolute atomic E-state index is 0.430. The van der Waals surface area contributed by atoms with Gasteiger partial charge in [0.05, 0.1) is 12.1 Å². The molecule has 1 saturated heterocycles. The fourth-order valence-corrected chi connectivity index (χ4v) is 5.96. The van der Waals surface area contributed by atoms with Gasteiger partial charge in [0.2, 0.25) is 0 Å². The van der Waals surface area contributed by atoms with Crippen LogP contribution in [0.1, 0.15) is 63.4 Å². The van der Waals surface area contributed by atoms with Crippen LogP contribution in [0.2, 0.25) is 0 Å². The van der Waals surface area contributed by atoms with Gasteiger partial charge >= 0.3 is 0 Å². The van der Waals surface area contributed by atoms with Crippen LogP contribution in [0.15, 0.2) is 30.3 Å². The standard InChI is InChI=1S/C22H27N3/c23-16-21-12-6-4-10-19(21)14-20-11-5-7-13-22(20,17-24)25(21)15-18-8-2-1-3-9-18/h1-3,8-9,19-20H,4-7,10-15H2/t19-,20-,21+,22+/m0/s1. The molecule has 0 N–H and O–H groups in total. The van der Waals surface area contributed by atoms with Crippen molar-refractivity contribution in [1.29, 1.82) is 10.5 Å². The number of rotatable bonds is 2. The zero-order chi connectivity index (χ0) is 17.3. The Morgan fingerprint density at radius 1 is 0.880 bits per heavy atom. The normalized spacial score (nSPS) is 38.0. The molecular formula is C22H27N3. The summed E-state index contributed by atoms with van der Waals surface area (Å²) in [5.41, 5.74) is 0.331. The van der Waals surface area contributed by atoms with Gasteiger partial charge in [0.1, 0.15) is 11.1 Å². The van der Waals surface area contributed by atoms with Crippen molar-refractivity contribution in [3.05, 3.63) is 35.9 Å². The van der Waals surface area contributed by atoms with Crippen LogP contribution >= 0.6 is 0 Å². The third-order valence-electron chi connectivity index (χ3n) is 7.17. The van der Waals surface area contributed by atoms with E-state index >= 15 is 0 Å². The smallest absolute Gasteiger partial charge is 0.113 e. The number of hydrogen-bond donors (Lipinski definition) is 0. The van der Waals surface area contributed by atoms with Crippen molar-refractivity contribution in [2.75, 3.05) is 0 Å². The van der Waals surface area contributed by atoms with Crippen molar-refractivity contribution in [1.82, 2.24) is 4.90 Å². The second-order valence-electron chi connectivity index (χ2n) is 8.26. The molecule has 1 aromatic rings. The Hall–Kier alpha value is -1.84. The number of nitrogens with zero attached hydrogens (tertiary/aromatic N) is 3. The maximum atomic E-state index is 10.3. The number of fused-ring (bicyclic) bond motifs is 2.